The first-order valence-corrected chi connectivity index (χ1v) is 5.03. The van der Waals surface area contributed by atoms with Gasteiger partial charge in [0.05, 0.1) is 0 Å². The van der Waals surface area contributed by atoms with Crippen LogP contribution in [0.1, 0.15) is 17.9 Å². The summed E-state index contributed by atoms with van der Waals surface area (Å²) in [6.07, 6.45) is -0.286. The molecule has 1 aromatic carbocycles. The third kappa shape index (κ3) is 2.24. The first-order valence-electron chi connectivity index (χ1n) is 5.03. The quantitative estimate of drug-likeness (QED) is 0.735. The summed E-state index contributed by atoms with van der Waals surface area (Å²) in [5.41, 5.74) is 0.567. The Balaban J connectivity index is 2.00. The zero-order valence-corrected chi connectivity index (χ0v) is 8.48. The molecule has 0 radical (unpaired) electrons. The average Bonchev–Trinajstić information content (AvgIpc) is 2.98. The monoisotopic (exact) mass is 225 g/mol. The second-order valence-electron chi connectivity index (χ2n) is 3.99. The van der Waals surface area contributed by atoms with E-state index in [0.717, 1.165) is 6.42 Å². The molecule has 0 saturated heterocycles. The van der Waals surface area contributed by atoms with E-state index in [1.165, 1.54) is 18.2 Å². The number of carbonyl (C=O) groups is 1. The van der Waals surface area contributed by atoms with Crippen molar-refractivity contribution in [1.82, 2.24) is 5.32 Å². The molecule has 2 atom stereocenters. The van der Waals surface area contributed by atoms with Crippen molar-refractivity contribution in [2.24, 2.45) is 5.92 Å². The molecule has 1 saturated carbocycles. The summed E-state index contributed by atoms with van der Waals surface area (Å²) in [6.45, 7) is 0.343. The molecule has 4 nitrogen and oxygen atoms in total. The van der Waals surface area contributed by atoms with Crippen molar-refractivity contribution in [3.63, 3.8) is 0 Å². The second kappa shape index (κ2) is 4.00. The van der Waals surface area contributed by atoms with Crippen LogP contribution >= 0.6 is 0 Å². The molecule has 2 rings (SSSR count). The molecule has 1 aromatic rings. The lowest BCUT2D eigenvalue weighted by molar-refractivity contribution is 0.194. The van der Waals surface area contributed by atoms with Crippen LogP contribution in [0.15, 0.2) is 18.2 Å². The maximum Gasteiger partial charge on any atom is 0.404 e. The van der Waals surface area contributed by atoms with Gasteiger partial charge in [0.15, 0.2) is 0 Å². The van der Waals surface area contributed by atoms with Gasteiger partial charge < -0.3 is 15.5 Å². The molecule has 1 aliphatic carbocycles. The van der Waals surface area contributed by atoms with Crippen molar-refractivity contribution < 1.29 is 19.4 Å². The standard InChI is InChI=1S/C11H12FNO3/c12-7-1-2-10(14)9(4-7)8-3-6(8)5-13-11(15)16/h1-2,4,6,8,13-14H,3,5H2,(H,15,16). The lowest BCUT2D eigenvalue weighted by Crippen LogP contribution is -2.23. The molecule has 86 valence electrons. The minimum atomic E-state index is -1.06. The number of hydrogen-bond acceptors (Lipinski definition) is 2. The summed E-state index contributed by atoms with van der Waals surface area (Å²) in [5.74, 6) is -0.0970. The Morgan fingerprint density at radius 3 is 3.00 bits per heavy atom. The molecular formula is C11H12FNO3. The van der Waals surface area contributed by atoms with Crippen molar-refractivity contribution in [1.29, 1.82) is 0 Å². The van der Waals surface area contributed by atoms with Gasteiger partial charge in [0.2, 0.25) is 0 Å². The van der Waals surface area contributed by atoms with E-state index in [1.54, 1.807) is 0 Å². The summed E-state index contributed by atoms with van der Waals surface area (Å²) in [4.78, 5) is 10.3. The fourth-order valence-corrected chi connectivity index (χ4v) is 1.89. The van der Waals surface area contributed by atoms with Crippen LogP contribution < -0.4 is 5.32 Å². The molecule has 2 unspecified atom stereocenters. The summed E-state index contributed by atoms with van der Waals surface area (Å²) < 4.78 is 13.0. The summed E-state index contributed by atoms with van der Waals surface area (Å²) in [5, 5.41) is 20.2. The first-order chi connectivity index (χ1) is 7.58. The Kier molecular flexibility index (Phi) is 2.68. The number of rotatable bonds is 3. The van der Waals surface area contributed by atoms with Gasteiger partial charge in [-0.05, 0) is 36.5 Å². The first kappa shape index (κ1) is 10.7. The molecule has 0 bridgehead atoms. The van der Waals surface area contributed by atoms with Crippen LogP contribution in [0.25, 0.3) is 0 Å². The predicted octanol–water partition coefficient (Wildman–Crippen LogP) is 1.90. The highest BCUT2D eigenvalue weighted by Gasteiger charge is 2.39. The smallest absolute Gasteiger partial charge is 0.404 e. The van der Waals surface area contributed by atoms with Gasteiger partial charge in [0.1, 0.15) is 11.6 Å². The number of halogens is 1. The minimum absolute atomic E-state index is 0.0579. The highest BCUT2D eigenvalue weighted by molar-refractivity contribution is 5.64. The number of carboxylic acid groups (broad SMARTS) is 1. The van der Waals surface area contributed by atoms with Crippen LogP contribution in [0.2, 0.25) is 0 Å². The SMILES string of the molecule is O=C(O)NCC1CC1c1cc(F)ccc1O. The van der Waals surface area contributed by atoms with Gasteiger partial charge in [-0.3, -0.25) is 0 Å². The Bertz CT molecular complexity index is 422. The second-order valence-corrected chi connectivity index (χ2v) is 3.99. The van der Waals surface area contributed by atoms with E-state index in [0.29, 0.717) is 12.1 Å². The molecule has 0 heterocycles. The van der Waals surface area contributed by atoms with Crippen molar-refractivity contribution in [3.8, 4) is 5.75 Å². The predicted molar refractivity (Wildman–Crippen MR) is 54.9 cm³/mol. The topological polar surface area (TPSA) is 69.6 Å². The summed E-state index contributed by atoms with van der Waals surface area (Å²) in [6, 6.07) is 3.83. The Morgan fingerprint density at radius 1 is 1.56 bits per heavy atom. The van der Waals surface area contributed by atoms with Gasteiger partial charge in [0, 0.05) is 12.1 Å². The van der Waals surface area contributed by atoms with E-state index in [4.69, 9.17) is 5.11 Å². The lowest BCUT2D eigenvalue weighted by Gasteiger charge is -2.04. The molecule has 1 fully saturated rings. The van der Waals surface area contributed by atoms with E-state index in [9.17, 15) is 14.3 Å². The summed E-state index contributed by atoms with van der Waals surface area (Å²) >= 11 is 0. The van der Waals surface area contributed by atoms with E-state index < -0.39 is 6.09 Å². The van der Waals surface area contributed by atoms with Crippen molar-refractivity contribution in [3.05, 3.63) is 29.6 Å². The van der Waals surface area contributed by atoms with Gasteiger partial charge in [0.25, 0.3) is 0 Å². The molecule has 5 heteroatoms. The van der Waals surface area contributed by atoms with Crippen LogP contribution in [0.4, 0.5) is 9.18 Å². The molecule has 16 heavy (non-hydrogen) atoms. The Labute approximate surface area is 91.7 Å². The van der Waals surface area contributed by atoms with Crippen molar-refractivity contribution in [2.45, 2.75) is 12.3 Å². The van der Waals surface area contributed by atoms with Gasteiger partial charge in [-0.2, -0.15) is 0 Å². The zero-order chi connectivity index (χ0) is 11.7. The number of benzene rings is 1. The number of phenolic OH excluding ortho intramolecular Hbond substituents is 1. The summed E-state index contributed by atoms with van der Waals surface area (Å²) in [7, 11) is 0. The third-order valence-corrected chi connectivity index (χ3v) is 2.83. The van der Waals surface area contributed by atoms with Gasteiger partial charge in [-0.25, -0.2) is 9.18 Å². The van der Waals surface area contributed by atoms with E-state index in [-0.39, 0.29) is 23.4 Å². The zero-order valence-electron chi connectivity index (χ0n) is 8.48. The van der Waals surface area contributed by atoms with Crippen LogP contribution in [-0.4, -0.2) is 22.9 Å². The average molecular weight is 225 g/mol. The van der Waals surface area contributed by atoms with Gasteiger partial charge >= 0.3 is 6.09 Å². The maximum atomic E-state index is 13.0. The number of nitrogens with one attached hydrogen (secondary N) is 1. The van der Waals surface area contributed by atoms with Crippen LogP contribution in [0, 0.1) is 11.7 Å². The molecule has 0 aliphatic heterocycles. The number of hydrogen-bond donors (Lipinski definition) is 3. The molecular weight excluding hydrogens is 213 g/mol. The van der Waals surface area contributed by atoms with Crippen molar-refractivity contribution in [2.75, 3.05) is 6.54 Å². The normalized spacial score (nSPS) is 22.8. The largest absolute Gasteiger partial charge is 0.508 e. The Hall–Kier alpha value is -1.78. The van der Waals surface area contributed by atoms with Crippen LogP contribution in [0.5, 0.6) is 5.75 Å². The van der Waals surface area contributed by atoms with Crippen molar-refractivity contribution >= 4 is 6.09 Å². The molecule has 1 aliphatic rings. The maximum absolute atomic E-state index is 13.0. The van der Waals surface area contributed by atoms with Crippen LogP contribution in [0.3, 0.4) is 0 Å². The van der Waals surface area contributed by atoms with E-state index in [1.807, 2.05) is 0 Å². The van der Waals surface area contributed by atoms with Gasteiger partial charge in [-0.15, -0.1) is 0 Å². The highest BCUT2D eigenvalue weighted by Crippen LogP contribution is 2.49. The highest BCUT2D eigenvalue weighted by atomic mass is 19.1. The number of phenols is 1. The van der Waals surface area contributed by atoms with Gasteiger partial charge in [-0.1, -0.05) is 0 Å². The molecule has 0 aromatic heterocycles. The molecule has 1 amide bonds. The third-order valence-electron chi connectivity index (χ3n) is 2.83. The molecule has 0 spiro atoms. The fourth-order valence-electron chi connectivity index (χ4n) is 1.89. The Morgan fingerprint density at radius 2 is 2.31 bits per heavy atom. The van der Waals surface area contributed by atoms with Crippen LogP contribution in [-0.2, 0) is 0 Å². The number of aromatic hydroxyl groups is 1. The van der Waals surface area contributed by atoms with E-state index in [2.05, 4.69) is 5.32 Å². The minimum Gasteiger partial charge on any atom is -0.508 e. The van der Waals surface area contributed by atoms with E-state index >= 15 is 0 Å². The fraction of sp³-hybridized carbons (Fsp3) is 0.364. The lowest BCUT2D eigenvalue weighted by atomic mass is 10.1. The number of amides is 1. The molecule has 3 N–H and O–H groups in total.